The Morgan fingerprint density at radius 1 is 0.862 bits per heavy atom. The van der Waals surface area contributed by atoms with Gasteiger partial charge in [0.05, 0.1) is 6.42 Å². The van der Waals surface area contributed by atoms with Crippen LogP contribution in [0.15, 0.2) is 72.9 Å². The van der Waals surface area contributed by atoms with Crippen LogP contribution < -0.4 is 0 Å². The maximum Gasteiger partial charge on any atom is 0.228 e. The van der Waals surface area contributed by atoms with Crippen molar-refractivity contribution in [3.05, 3.63) is 90.0 Å². The number of hydrogen-bond donors (Lipinski definition) is 0. The molecule has 0 bridgehead atoms. The molecule has 1 saturated heterocycles. The largest absolute Gasteiger partial charge is 0.340 e. The Kier molecular flexibility index (Phi) is 5.96. The number of pyridine rings is 1. The highest BCUT2D eigenvalue weighted by atomic mass is 19.1. The molecule has 1 aliphatic heterocycles. The van der Waals surface area contributed by atoms with Gasteiger partial charge < -0.3 is 4.90 Å². The fraction of sp³-hybridized carbons (Fsp3) is 0.250. The third-order valence-corrected chi connectivity index (χ3v) is 5.36. The molecular weight excluding hydrogens is 365 g/mol. The molecule has 2 heterocycles. The topological polar surface area (TPSA) is 36.4 Å². The van der Waals surface area contributed by atoms with Crippen LogP contribution in [-0.4, -0.2) is 46.9 Å². The van der Waals surface area contributed by atoms with Gasteiger partial charge in [0.25, 0.3) is 0 Å². The number of rotatable bonds is 5. The van der Waals surface area contributed by atoms with Crippen molar-refractivity contribution < 1.29 is 9.18 Å². The van der Waals surface area contributed by atoms with Crippen LogP contribution in [0.25, 0.3) is 11.1 Å². The molecule has 1 fully saturated rings. The first kappa shape index (κ1) is 19.3. The minimum absolute atomic E-state index is 0.120. The Morgan fingerprint density at radius 2 is 1.55 bits per heavy atom. The minimum Gasteiger partial charge on any atom is -0.340 e. The molecule has 29 heavy (non-hydrogen) atoms. The summed E-state index contributed by atoms with van der Waals surface area (Å²) in [5, 5.41) is 0. The summed E-state index contributed by atoms with van der Waals surface area (Å²) in [5.74, 6) is -0.0833. The minimum atomic E-state index is -0.204. The normalized spacial score (nSPS) is 14.7. The molecule has 0 saturated carbocycles. The molecule has 4 nitrogen and oxygen atoms in total. The molecule has 0 spiro atoms. The van der Waals surface area contributed by atoms with Crippen molar-refractivity contribution in [1.29, 1.82) is 0 Å². The Balaban J connectivity index is 1.38. The van der Waals surface area contributed by atoms with Crippen LogP contribution in [0.5, 0.6) is 0 Å². The lowest BCUT2D eigenvalue weighted by Crippen LogP contribution is -2.48. The van der Waals surface area contributed by atoms with Crippen LogP contribution in [0.3, 0.4) is 0 Å². The maximum absolute atomic E-state index is 14.3. The lowest BCUT2D eigenvalue weighted by atomic mass is 9.98. The molecule has 1 aliphatic rings. The summed E-state index contributed by atoms with van der Waals surface area (Å²) < 4.78 is 14.3. The summed E-state index contributed by atoms with van der Waals surface area (Å²) in [5.41, 5.74) is 3.47. The number of hydrogen-bond acceptors (Lipinski definition) is 3. The molecule has 148 valence electrons. The van der Waals surface area contributed by atoms with Crippen molar-refractivity contribution >= 4 is 5.91 Å². The molecule has 0 unspecified atom stereocenters. The number of benzene rings is 2. The van der Waals surface area contributed by atoms with Crippen molar-refractivity contribution in [1.82, 2.24) is 14.8 Å². The monoisotopic (exact) mass is 389 g/mol. The van der Waals surface area contributed by atoms with Crippen LogP contribution in [-0.2, 0) is 17.8 Å². The highest BCUT2D eigenvalue weighted by Crippen LogP contribution is 2.27. The van der Waals surface area contributed by atoms with Crippen LogP contribution in [0.1, 0.15) is 11.3 Å². The number of carbonyl (C=O) groups excluding carboxylic acids is 1. The Bertz CT molecular complexity index is 969. The van der Waals surface area contributed by atoms with E-state index in [4.69, 9.17) is 0 Å². The first-order valence-corrected chi connectivity index (χ1v) is 9.93. The summed E-state index contributed by atoms with van der Waals surface area (Å²) in [7, 11) is 0. The summed E-state index contributed by atoms with van der Waals surface area (Å²) in [6.07, 6.45) is 2.06. The molecular formula is C24H24FN3O. The van der Waals surface area contributed by atoms with Crippen molar-refractivity contribution in [2.45, 2.75) is 13.0 Å². The van der Waals surface area contributed by atoms with Crippen molar-refractivity contribution in [3.8, 4) is 11.1 Å². The van der Waals surface area contributed by atoms with E-state index in [1.54, 1.807) is 12.3 Å². The van der Waals surface area contributed by atoms with Gasteiger partial charge in [0.15, 0.2) is 0 Å². The van der Waals surface area contributed by atoms with Gasteiger partial charge in [-0.3, -0.25) is 14.7 Å². The fourth-order valence-corrected chi connectivity index (χ4v) is 3.77. The smallest absolute Gasteiger partial charge is 0.228 e. The highest BCUT2D eigenvalue weighted by molar-refractivity contribution is 5.78. The lowest BCUT2D eigenvalue weighted by Gasteiger charge is -2.35. The van der Waals surface area contributed by atoms with Crippen LogP contribution in [0, 0.1) is 5.82 Å². The van der Waals surface area contributed by atoms with E-state index < -0.39 is 0 Å². The van der Waals surface area contributed by atoms with Gasteiger partial charge in [0, 0.05) is 50.2 Å². The number of carbonyl (C=O) groups is 1. The highest BCUT2D eigenvalue weighted by Gasteiger charge is 2.22. The molecule has 1 amide bonds. The Morgan fingerprint density at radius 3 is 2.28 bits per heavy atom. The van der Waals surface area contributed by atoms with E-state index in [1.165, 1.54) is 6.07 Å². The van der Waals surface area contributed by atoms with Crippen molar-refractivity contribution in [2.75, 3.05) is 26.2 Å². The predicted molar refractivity (Wildman–Crippen MR) is 112 cm³/mol. The average molecular weight is 389 g/mol. The van der Waals surface area contributed by atoms with E-state index in [-0.39, 0.29) is 11.7 Å². The Labute approximate surface area is 170 Å². The molecule has 0 atom stereocenters. The quantitative estimate of drug-likeness (QED) is 0.666. The zero-order valence-corrected chi connectivity index (χ0v) is 16.3. The molecule has 0 radical (unpaired) electrons. The summed E-state index contributed by atoms with van der Waals surface area (Å²) in [6.45, 7) is 3.76. The summed E-state index contributed by atoms with van der Waals surface area (Å²) >= 11 is 0. The molecule has 0 N–H and O–H groups in total. The van der Waals surface area contributed by atoms with Gasteiger partial charge in [0.2, 0.25) is 5.91 Å². The summed E-state index contributed by atoms with van der Waals surface area (Å²) in [4.78, 5) is 21.0. The second-order valence-electron chi connectivity index (χ2n) is 7.29. The molecule has 1 aromatic heterocycles. The number of aromatic nitrogens is 1. The number of piperazine rings is 1. The van der Waals surface area contributed by atoms with Crippen LogP contribution in [0.2, 0.25) is 0 Å². The van der Waals surface area contributed by atoms with E-state index in [0.29, 0.717) is 25.1 Å². The van der Waals surface area contributed by atoms with Crippen molar-refractivity contribution in [2.24, 2.45) is 0 Å². The van der Waals surface area contributed by atoms with E-state index in [2.05, 4.69) is 16.0 Å². The Hall–Kier alpha value is -3.05. The van der Waals surface area contributed by atoms with E-state index in [9.17, 15) is 9.18 Å². The molecule has 0 aliphatic carbocycles. The van der Waals surface area contributed by atoms with Gasteiger partial charge in [-0.1, -0.05) is 48.5 Å². The van der Waals surface area contributed by atoms with E-state index in [1.807, 2.05) is 53.4 Å². The summed E-state index contributed by atoms with van der Waals surface area (Å²) in [6, 6.07) is 20.5. The third kappa shape index (κ3) is 4.69. The van der Waals surface area contributed by atoms with Gasteiger partial charge in [-0.25, -0.2) is 4.39 Å². The standard InChI is InChI=1S/C24H24FN3O/c25-23-11-4-3-10-22(23)21-9-2-1-7-19(21)18-27-13-15-28(16-14-27)24(29)17-20-8-5-6-12-26-20/h1-12H,13-18H2. The molecule has 3 aromatic rings. The number of nitrogens with zero attached hydrogens (tertiary/aromatic N) is 3. The van der Waals surface area contributed by atoms with Crippen LogP contribution >= 0.6 is 0 Å². The van der Waals surface area contributed by atoms with Gasteiger partial charge in [-0.15, -0.1) is 0 Å². The van der Waals surface area contributed by atoms with E-state index >= 15 is 0 Å². The van der Waals surface area contributed by atoms with Crippen LogP contribution in [0.4, 0.5) is 4.39 Å². The van der Waals surface area contributed by atoms with Gasteiger partial charge in [-0.2, -0.15) is 0 Å². The maximum atomic E-state index is 14.3. The fourth-order valence-electron chi connectivity index (χ4n) is 3.77. The SMILES string of the molecule is O=C(Cc1ccccn1)N1CCN(Cc2ccccc2-c2ccccc2F)CC1. The third-order valence-electron chi connectivity index (χ3n) is 5.36. The molecule has 2 aromatic carbocycles. The van der Waals surface area contributed by atoms with Gasteiger partial charge >= 0.3 is 0 Å². The molecule has 4 rings (SSSR count). The number of halogens is 1. The zero-order valence-electron chi connectivity index (χ0n) is 16.3. The first-order valence-electron chi connectivity index (χ1n) is 9.93. The van der Waals surface area contributed by atoms with Gasteiger partial charge in [-0.05, 0) is 29.3 Å². The van der Waals surface area contributed by atoms with E-state index in [0.717, 1.165) is 36.5 Å². The zero-order chi connectivity index (χ0) is 20.1. The van der Waals surface area contributed by atoms with Gasteiger partial charge in [0.1, 0.15) is 5.82 Å². The number of amides is 1. The molecule has 5 heteroatoms. The first-order chi connectivity index (χ1) is 14.2. The average Bonchev–Trinajstić information content (AvgIpc) is 2.76. The second kappa shape index (κ2) is 8.97. The second-order valence-corrected chi connectivity index (χ2v) is 7.29. The predicted octanol–water partition coefficient (Wildman–Crippen LogP) is 3.77. The van der Waals surface area contributed by atoms with Crippen molar-refractivity contribution in [3.63, 3.8) is 0 Å². The lowest BCUT2D eigenvalue weighted by molar-refractivity contribution is -0.132.